The number of benzene rings is 2. The van der Waals surface area contributed by atoms with Crippen molar-refractivity contribution in [2.24, 2.45) is 0 Å². The number of amides is 1. The van der Waals surface area contributed by atoms with E-state index in [9.17, 15) is 4.79 Å². The largest absolute Gasteiger partial charge is 0.339 e. The molecule has 0 bridgehead atoms. The Morgan fingerprint density at radius 1 is 0.962 bits per heavy atom. The summed E-state index contributed by atoms with van der Waals surface area (Å²) < 4.78 is 0. The fourth-order valence-corrected chi connectivity index (χ4v) is 2.53. The maximum absolute atomic E-state index is 12.3. The maximum Gasteiger partial charge on any atom is 0.275 e. The van der Waals surface area contributed by atoms with Crippen molar-refractivity contribution >= 4 is 23.1 Å². The number of hydrogen-bond acceptors (Lipinski definition) is 4. The molecular weight excluding hydrogens is 324 g/mol. The van der Waals surface area contributed by atoms with Gasteiger partial charge in [-0.25, -0.2) is 9.97 Å². The zero-order valence-electron chi connectivity index (χ0n) is 15.2. The van der Waals surface area contributed by atoms with Crippen molar-refractivity contribution in [1.82, 2.24) is 9.97 Å². The first-order chi connectivity index (χ1) is 12.5. The minimum atomic E-state index is -0.281. The summed E-state index contributed by atoms with van der Waals surface area (Å²) in [5.74, 6) is 0.768. The van der Waals surface area contributed by atoms with Crippen LogP contribution in [-0.2, 0) is 0 Å². The van der Waals surface area contributed by atoms with Crippen molar-refractivity contribution in [2.45, 2.75) is 26.7 Å². The average Bonchev–Trinajstić information content (AvgIpc) is 2.63. The summed E-state index contributed by atoms with van der Waals surface area (Å²) in [5, 5.41) is 6.01. The van der Waals surface area contributed by atoms with E-state index in [1.165, 1.54) is 11.8 Å². The van der Waals surface area contributed by atoms with Crippen LogP contribution in [0.15, 0.2) is 60.9 Å². The van der Waals surface area contributed by atoms with Crippen molar-refractivity contribution in [3.63, 3.8) is 0 Å². The molecule has 1 aromatic heterocycles. The van der Waals surface area contributed by atoms with Gasteiger partial charge in [0.15, 0.2) is 0 Å². The summed E-state index contributed by atoms with van der Waals surface area (Å²) in [6.07, 6.45) is 3.02. The third kappa shape index (κ3) is 4.45. The van der Waals surface area contributed by atoms with E-state index in [1.807, 2.05) is 55.5 Å². The van der Waals surface area contributed by atoms with Gasteiger partial charge in [-0.3, -0.25) is 4.79 Å². The molecule has 2 N–H and O–H groups in total. The minimum absolute atomic E-state index is 0.271. The zero-order chi connectivity index (χ0) is 18.5. The zero-order valence-corrected chi connectivity index (χ0v) is 15.2. The molecule has 0 unspecified atom stereocenters. The fraction of sp³-hybridized carbons (Fsp3) is 0.190. The molecule has 0 saturated carbocycles. The molecule has 1 amide bonds. The quantitative estimate of drug-likeness (QED) is 0.689. The molecule has 0 fully saturated rings. The Labute approximate surface area is 153 Å². The molecule has 0 atom stereocenters. The summed E-state index contributed by atoms with van der Waals surface area (Å²) in [5.41, 5.74) is 4.33. The normalized spacial score (nSPS) is 10.6. The van der Waals surface area contributed by atoms with Crippen LogP contribution in [0.3, 0.4) is 0 Å². The van der Waals surface area contributed by atoms with Crippen molar-refractivity contribution in [3.8, 4) is 0 Å². The number of hydrogen-bond donors (Lipinski definition) is 2. The molecule has 3 rings (SSSR count). The van der Waals surface area contributed by atoms with Crippen molar-refractivity contribution in [3.05, 3.63) is 77.7 Å². The van der Waals surface area contributed by atoms with Gasteiger partial charge in [0.25, 0.3) is 5.91 Å². The first-order valence-corrected chi connectivity index (χ1v) is 8.58. The van der Waals surface area contributed by atoms with Gasteiger partial charge in [0.1, 0.15) is 11.5 Å². The van der Waals surface area contributed by atoms with Gasteiger partial charge in [-0.05, 0) is 48.2 Å². The highest BCUT2D eigenvalue weighted by molar-refractivity contribution is 6.02. The van der Waals surface area contributed by atoms with Crippen LogP contribution >= 0.6 is 0 Å². The monoisotopic (exact) mass is 346 g/mol. The molecule has 0 aliphatic rings. The van der Waals surface area contributed by atoms with Crippen LogP contribution in [0.5, 0.6) is 0 Å². The summed E-state index contributed by atoms with van der Waals surface area (Å²) in [4.78, 5) is 20.8. The van der Waals surface area contributed by atoms with E-state index in [4.69, 9.17) is 0 Å². The van der Waals surface area contributed by atoms with Crippen molar-refractivity contribution < 1.29 is 4.79 Å². The number of carbonyl (C=O) groups is 1. The van der Waals surface area contributed by atoms with E-state index < -0.39 is 0 Å². The molecule has 0 radical (unpaired) electrons. The summed E-state index contributed by atoms with van der Waals surface area (Å²) in [6, 6.07) is 15.8. The number of rotatable bonds is 5. The Morgan fingerprint density at radius 3 is 2.35 bits per heavy atom. The third-order valence-electron chi connectivity index (χ3n) is 4.01. The number of aromatic nitrogens is 2. The van der Waals surface area contributed by atoms with Crippen LogP contribution in [0, 0.1) is 6.92 Å². The average molecular weight is 346 g/mol. The van der Waals surface area contributed by atoms with Crippen molar-refractivity contribution in [2.75, 3.05) is 10.6 Å². The molecule has 1 heterocycles. The Morgan fingerprint density at radius 2 is 1.73 bits per heavy atom. The second-order valence-electron chi connectivity index (χ2n) is 6.51. The van der Waals surface area contributed by atoms with Crippen LogP contribution in [0.2, 0.25) is 0 Å². The topological polar surface area (TPSA) is 66.9 Å². The standard InChI is InChI=1S/C21H22N4O/c1-14(2)16-7-9-17(10-8-16)25-21(26)19-12-23-20(13-22-19)24-18-6-4-5-15(3)11-18/h4-14H,1-3H3,(H,23,24)(H,25,26). The first-order valence-electron chi connectivity index (χ1n) is 8.58. The van der Waals surface area contributed by atoms with Crippen LogP contribution in [0.1, 0.15) is 41.4 Å². The number of aryl methyl sites for hydroxylation is 1. The minimum Gasteiger partial charge on any atom is -0.339 e. The second kappa shape index (κ2) is 7.78. The van der Waals surface area contributed by atoms with Crippen LogP contribution < -0.4 is 10.6 Å². The molecule has 0 aliphatic carbocycles. The Kier molecular flexibility index (Phi) is 5.27. The number of carbonyl (C=O) groups excluding carboxylic acids is 1. The summed E-state index contributed by atoms with van der Waals surface area (Å²) >= 11 is 0. The van der Waals surface area contributed by atoms with Crippen LogP contribution in [-0.4, -0.2) is 15.9 Å². The highest BCUT2D eigenvalue weighted by Crippen LogP contribution is 2.18. The Balaban J connectivity index is 1.65. The predicted molar refractivity (Wildman–Crippen MR) is 105 cm³/mol. The van der Waals surface area contributed by atoms with Crippen LogP contribution in [0.25, 0.3) is 0 Å². The van der Waals surface area contributed by atoms with E-state index >= 15 is 0 Å². The van der Waals surface area contributed by atoms with E-state index in [2.05, 4.69) is 34.4 Å². The second-order valence-corrected chi connectivity index (χ2v) is 6.51. The lowest BCUT2D eigenvalue weighted by atomic mass is 10.0. The van der Waals surface area contributed by atoms with Gasteiger partial charge >= 0.3 is 0 Å². The molecular formula is C21H22N4O. The first kappa shape index (κ1) is 17.6. The predicted octanol–water partition coefficient (Wildman–Crippen LogP) is 4.90. The van der Waals surface area contributed by atoms with Gasteiger partial charge in [-0.2, -0.15) is 0 Å². The van der Waals surface area contributed by atoms with Gasteiger partial charge < -0.3 is 10.6 Å². The highest BCUT2D eigenvalue weighted by atomic mass is 16.1. The van der Waals surface area contributed by atoms with E-state index in [1.54, 1.807) is 6.20 Å². The van der Waals surface area contributed by atoms with E-state index in [0.717, 1.165) is 16.9 Å². The van der Waals surface area contributed by atoms with E-state index in [-0.39, 0.29) is 11.6 Å². The van der Waals surface area contributed by atoms with E-state index in [0.29, 0.717) is 11.7 Å². The maximum atomic E-state index is 12.3. The van der Waals surface area contributed by atoms with Gasteiger partial charge in [-0.1, -0.05) is 38.1 Å². The summed E-state index contributed by atoms with van der Waals surface area (Å²) in [7, 11) is 0. The molecule has 0 saturated heterocycles. The Bertz CT molecular complexity index is 887. The molecule has 0 aliphatic heterocycles. The van der Waals surface area contributed by atoms with Gasteiger partial charge in [0.05, 0.1) is 12.4 Å². The van der Waals surface area contributed by atoms with Crippen LogP contribution in [0.4, 0.5) is 17.2 Å². The smallest absolute Gasteiger partial charge is 0.275 e. The van der Waals surface area contributed by atoms with Gasteiger partial charge in [0, 0.05) is 11.4 Å². The summed E-state index contributed by atoms with van der Waals surface area (Å²) in [6.45, 7) is 6.29. The highest BCUT2D eigenvalue weighted by Gasteiger charge is 2.09. The Hall–Kier alpha value is -3.21. The SMILES string of the molecule is Cc1cccc(Nc2cnc(C(=O)Nc3ccc(C(C)C)cc3)cn2)c1. The molecule has 2 aromatic carbocycles. The molecule has 3 aromatic rings. The molecule has 132 valence electrons. The molecule has 0 spiro atoms. The molecule has 5 heteroatoms. The number of nitrogens with zero attached hydrogens (tertiary/aromatic N) is 2. The number of anilines is 3. The lowest BCUT2D eigenvalue weighted by Crippen LogP contribution is -2.14. The lowest BCUT2D eigenvalue weighted by Gasteiger charge is -2.09. The van der Waals surface area contributed by atoms with Gasteiger partial charge in [-0.15, -0.1) is 0 Å². The third-order valence-corrected chi connectivity index (χ3v) is 4.01. The molecule has 5 nitrogen and oxygen atoms in total. The molecule has 26 heavy (non-hydrogen) atoms. The fourth-order valence-electron chi connectivity index (χ4n) is 2.53. The lowest BCUT2D eigenvalue weighted by molar-refractivity contribution is 0.102. The number of nitrogens with one attached hydrogen (secondary N) is 2. The van der Waals surface area contributed by atoms with Gasteiger partial charge in [0.2, 0.25) is 0 Å². The van der Waals surface area contributed by atoms with Crippen molar-refractivity contribution in [1.29, 1.82) is 0 Å².